The minimum Gasteiger partial charge on any atom is -0.375 e. The molecule has 3 nitrogen and oxygen atoms in total. The fraction of sp³-hybridized carbons (Fsp3) is 0.200. The van der Waals surface area contributed by atoms with Crippen molar-refractivity contribution in [2.45, 2.75) is 0 Å². The van der Waals surface area contributed by atoms with Crippen LogP contribution in [0.1, 0.15) is 11.4 Å². The Morgan fingerprint density at radius 3 is 2.43 bits per heavy atom. The summed E-state index contributed by atoms with van der Waals surface area (Å²) in [5.74, 6) is 1.17. The molecule has 0 saturated carbocycles. The topological polar surface area (TPSA) is 12.1 Å². The van der Waals surface area contributed by atoms with Crippen LogP contribution in [0.4, 0.5) is 5.69 Å². The second kappa shape index (κ2) is 6.29. The largest absolute Gasteiger partial charge is 0.375 e. The van der Waals surface area contributed by atoms with E-state index < -0.39 is 0 Å². The first kappa shape index (κ1) is 15.3. The van der Waals surface area contributed by atoms with E-state index in [-0.39, 0.29) is 0 Å². The predicted octanol–water partition coefficient (Wildman–Crippen LogP) is 3.44. The van der Waals surface area contributed by atoms with Gasteiger partial charge in [-0.2, -0.15) is 0 Å². The molecule has 1 heterocycles. The van der Waals surface area contributed by atoms with Gasteiger partial charge in [-0.05, 0) is 42.8 Å². The Morgan fingerprint density at radius 1 is 1.09 bits per heavy atom. The molecule has 3 rings (SSSR count). The number of hydrogen-bond acceptors (Lipinski definition) is 1. The van der Waals surface area contributed by atoms with Crippen LogP contribution < -0.4 is 9.47 Å². The molecule has 1 radical (unpaired) electrons. The highest BCUT2D eigenvalue weighted by molar-refractivity contribution is 5.76. The first-order valence-electron chi connectivity index (χ1n) is 7.84. The van der Waals surface area contributed by atoms with Gasteiger partial charge in [-0.1, -0.05) is 24.3 Å². The third kappa shape index (κ3) is 2.87. The Kier molecular flexibility index (Phi) is 4.20. The van der Waals surface area contributed by atoms with Crippen LogP contribution in [0.25, 0.3) is 23.2 Å². The quantitative estimate of drug-likeness (QED) is 0.672. The molecule has 117 valence electrons. The second-order valence-corrected chi connectivity index (χ2v) is 5.81. The third-order valence-corrected chi connectivity index (χ3v) is 4.39. The molecule has 2 aromatic carbocycles. The molecule has 0 aliphatic heterocycles. The lowest BCUT2D eigenvalue weighted by Gasteiger charge is -2.16. The molecular weight excluding hydrogens is 282 g/mol. The zero-order valence-corrected chi connectivity index (χ0v) is 14.0. The zero-order chi connectivity index (χ0) is 16.4. The maximum Gasteiger partial charge on any atom is 0.281 e. The molecular formula is C20H23N3+. The van der Waals surface area contributed by atoms with E-state index in [0.717, 1.165) is 6.54 Å². The minimum absolute atomic E-state index is 0.765. The van der Waals surface area contributed by atoms with Crippen LogP contribution in [-0.4, -0.2) is 18.2 Å². The van der Waals surface area contributed by atoms with Gasteiger partial charge in [0.2, 0.25) is 0 Å². The fourth-order valence-electron chi connectivity index (χ4n) is 2.87. The Hall–Kier alpha value is -2.55. The van der Waals surface area contributed by atoms with Crippen molar-refractivity contribution in [2.24, 2.45) is 14.1 Å². The summed E-state index contributed by atoms with van der Waals surface area (Å²) >= 11 is 0. The van der Waals surface area contributed by atoms with Gasteiger partial charge in [-0.3, -0.25) is 0 Å². The lowest BCUT2D eigenvalue weighted by molar-refractivity contribution is -0.647. The SMILES string of the molecule is [CH2]CN(C)c1ccc(C=Cc2n(C)c3ccccc3[n+]2C)cc1. The van der Waals surface area contributed by atoms with Gasteiger partial charge in [0.25, 0.3) is 5.82 Å². The monoisotopic (exact) mass is 305 g/mol. The Bertz CT molecular complexity index is 802. The smallest absolute Gasteiger partial charge is 0.281 e. The number of anilines is 1. The number of rotatable bonds is 4. The van der Waals surface area contributed by atoms with E-state index in [0.29, 0.717) is 0 Å². The lowest BCUT2D eigenvalue weighted by Crippen LogP contribution is -2.30. The van der Waals surface area contributed by atoms with Crippen LogP contribution in [0.3, 0.4) is 0 Å². The van der Waals surface area contributed by atoms with Crippen LogP contribution in [0, 0.1) is 6.92 Å². The van der Waals surface area contributed by atoms with Gasteiger partial charge in [0.1, 0.15) is 0 Å². The van der Waals surface area contributed by atoms with E-state index in [4.69, 9.17) is 0 Å². The maximum atomic E-state index is 3.91. The molecule has 3 aromatic rings. The summed E-state index contributed by atoms with van der Waals surface area (Å²) in [6, 6.07) is 17.0. The molecule has 23 heavy (non-hydrogen) atoms. The molecule has 0 bridgehead atoms. The van der Waals surface area contributed by atoms with E-state index in [1.54, 1.807) is 0 Å². The summed E-state index contributed by atoms with van der Waals surface area (Å²) in [6.45, 7) is 4.67. The van der Waals surface area contributed by atoms with E-state index in [9.17, 15) is 0 Å². The molecule has 0 N–H and O–H groups in total. The van der Waals surface area contributed by atoms with Crippen molar-refractivity contribution in [2.75, 3.05) is 18.5 Å². The van der Waals surface area contributed by atoms with Crippen LogP contribution >= 0.6 is 0 Å². The van der Waals surface area contributed by atoms with Crippen molar-refractivity contribution in [3.8, 4) is 0 Å². The van der Waals surface area contributed by atoms with Gasteiger partial charge in [0.15, 0.2) is 11.0 Å². The minimum atomic E-state index is 0.765. The van der Waals surface area contributed by atoms with E-state index >= 15 is 0 Å². The van der Waals surface area contributed by atoms with Crippen molar-refractivity contribution in [3.05, 3.63) is 66.8 Å². The number of nitrogens with zero attached hydrogens (tertiary/aromatic N) is 3. The number of aryl methyl sites for hydroxylation is 2. The van der Waals surface area contributed by atoms with Gasteiger partial charge in [0, 0.05) is 25.4 Å². The highest BCUT2D eigenvalue weighted by Gasteiger charge is 2.16. The molecule has 0 amide bonds. The summed E-state index contributed by atoms with van der Waals surface area (Å²) in [5, 5.41) is 0. The number of benzene rings is 2. The lowest BCUT2D eigenvalue weighted by atomic mass is 10.2. The van der Waals surface area contributed by atoms with Crippen molar-refractivity contribution in [1.29, 1.82) is 0 Å². The van der Waals surface area contributed by atoms with Gasteiger partial charge in [-0.25, -0.2) is 9.13 Å². The molecule has 0 spiro atoms. The summed E-state index contributed by atoms with van der Waals surface area (Å²) in [5.41, 5.74) is 4.85. The first-order chi connectivity index (χ1) is 11.1. The van der Waals surface area contributed by atoms with E-state index in [1.165, 1.54) is 28.1 Å². The van der Waals surface area contributed by atoms with Crippen molar-refractivity contribution < 1.29 is 4.57 Å². The summed E-state index contributed by atoms with van der Waals surface area (Å²) in [7, 11) is 6.26. The van der Waals surface area contributed by atoms with E-state index in [1.807, 2.05) is 7.05 Å². The summed E-state index contributed by atoms with van der Waals surface area (Å²) in [4.78, 5) is 2.12. The normalized spacial score (nSPS) is 11.5. The highest BCUT2D eigenvalue weighted by Crippen LogP contribution is 2.17. The van der Waals surface area contributed by atoms with Crippen molar-refractivity contribution in [3.63, 3.8) is 0 Å². The number of fused-ring (bicyclic) bond motifs is 1. The first-order valence-corrected chi connectivity index (χ1v) is 7.84. The Morgan fingerprint density at radius 2 is 1.78 bits per heavy atom. The van der Waals surface area contributed by atoms with Gasteiger partial charge in [-0.15, -0.1) is 0 Å². The van der Waals surface area contributed by atoms with Gasteiger partial charge < -0.3 is 4.90 Å². The van der Waals surface area contributed by atoms with Gasteiger partial charge >= 0.3 is 0 Å². The summed E-state index contributed by atoms with van der Waals surface area (Å²) < 4.78 is 4.44. The maximum absolute atomic E-state index is 3.91. The average molecular weight is 305 g/mol. The number of imidazole rings is 1. The Balaban J connectivity index is 1.91. The highest BCUT2D eigenvalue weighted by atomic mass is 15.1. The second-order valence-electron chi connectivity index (χ2n) is 5.81. The van der Waals surface area contributed by atoms with Crippen molar-refractivity contribution >= 4 is 28.9 Å². The molecule has 0 atom stereocenters. The summed E-state index contributed by atoms with van der Waals surface area (Å²) in [6.07, 6.45) is 4.32. The standard InChI is InChI=1S/C20H23N3/c1-5-21(2)17-13-10-16(11-14-17)12-15-20-22(3)18-8-6-7-9-19(18)23(20)4/h6-15H,1,5H2,2-4H3/q+1. The average Bonchev–Trinajstić information content (AvgIpc) is 2.84. The van der Waals surface area contributed by atoms with Crippen LogP contribution in [0.2, 0.25) is 0 Å². The molecule has 1 aromatic heterocycles. The third-order valence-electron chi connectivity index (χ3n) is 4.39. The number of hydrogen-bond donors (Lipinski definition) is 0. The molecule has 0 saturated heterocycles. The molecule has 0 unspecified atom stereocenters. The number of para-hydroxylation sites is 2. The molecule has 0 fully saturated rings. The fourth-order valence-corrected chi connectivity index (χ4v) is 2.87. The molecule has 0 aliphatic carbocycles. The van der Waals surface area contributed by atoms with Crippen molar-refractivity contribution in [1.82, 2.24) is 4.57 Å². The van der Waals surface area contributed by atoms with Crippen LogP contribution in [0.5, 0.6) is 0 Å². The van der Waals surface area contributed by atoms with E-state index in [2.05, 4.69) is 95.7 Å². The Labute approximate surface area is 138 Å². The van der Waals surface area contributed by atoms with Crippen LogP contribution in [-0.2, 0) is 14.1 Å². The van der Waals surface area contributed by atoms with Gasteiger partial charge in [0.05, 0.1) is 14.1 Å². The number of aromatic nitrogens is 2. The predicted molar refractivity (Wildman–Crippen MR) is 98.1 cm³/mol. The van der Waals surface area contributed by atoms with Crippen LogP contribution in [0.15, 0.2) is 48.5 Å². The zero-order valence-electron chi connectivity index (χ0n) is 14.0. The molecule has 0 aliphatic rings. The molecule has 3 heteroatoms.